The van der Waals surface area contributed by atoms with Crippen molar-refractivity contribution in [2.75, 3.05) is 0 Å². The van der Waals surface area contributed by atoms with Crippen LogP contribution in [0.4, 0.5) is 4.39 Å². The lowest BCUT2D eigenvalue weighted by molar-refractivity contribution is 0.0691. The van der Waals surface area contributed by atoms with Crippen LogP contribution < -0.4 is 4.74 Å². The van der Waals surface area contributed by atoms with Gasteiger partial charge in [-0.05, 0) is 24.3 Å². The van der Waals surface area contributed by atoms with Crippen LogP contribution in [0.25, 0.3) is 0 Å². The van der Waals surface area contributed by atoms with Crippen LogP contribution in [0, 0.1) is 17.1 Å². The molecule has 0 aliphatic heterocycles. The van der Waals surface area contributed by atoms with Gasteiger partial charge in [-0.1, -0.05) is 23.7 Å². The molecule has 0 amide bonds. The van der Waals surface area contributed by atoms with Gasteiger partial charge in [0.15, 0.2) is 5.75 Å². The van der Waals surface area contributed by atoms with Crippen LogP contribution in [0.1, 0.15) is 21.5 Å². The van der Waals surface area contributed by atoms with Crippen molar-refractivity contribution in [1.29, 1.82) is 5.26 Å². The van der Waals surface area contributed by atoms with Crippen LogP contribution in [0.15, 0.2) is 36.4 Å². The number of hydrogen-bond acceptors (Lipinski definition) is 3. The highest BCUT2D eigenvalue weighted by molar-refractivity contribution is 6.32. The zero-order valence-corrected chi connectivity index (χ0v) is 11.4. The minimum Gasteiger partial charge on any atom is -0.486 e. The van der Waals surface area contributed by atoms with Crippen LogP contribution in [0.3, 0.4) is 0 Å². The number of nitrogens with zero attached hydrogens (tertiary/aromatic N) is 1. The number of carboxylic acids is 1. The molecule has 0 aliphatic rings. The number of rotatable bonds is 4. The summed E-state index contributed by atoms with van der Waals surface area (Å²) < 4.78 is 19.1. The van der Waals surface area contributed by atoms with Gasteiger partial charge in [-0.25, -0.2) is 9.18 Å². The number of hydrogen-bond donors (Lipinski definition) is 1. The first-order chi connectivity index (χ1) is 10.0. The Kier molecular flexibility index (Phi) is 4.41. The van der Waals surface area contributed by atoms with Crippen molar-refractivity contribution in [3.05, 3.63) is 63.9 Å². The smallest absolute Gasteiger partial charge is 0.339 e. The van der Waals surface area contributed by atoms with E-state index >= 15 is 0 Å². The van der Waals surface area contributed by atoms with Gasteiger partial charge in [0, 0.05) is 5.56 Å². The summed E-state index contributed by atoms with van der Waals surface area (Å²) in [4.78, 5) is 11.1. The molecule has 0 bridgehead atoms. The number of halogens is 2. The molecule has 0 saturated heterocycles. The molecule has 6 heteroatoms. The summed E-state index contributed by atoms with van der Waals surface area (Å²) in [5.41, 5.74) is 0.294. The summed E-state index contributed by atoms with van der Waals surface area (Å²) in [5.74, 6) is -1.80. The van der Waals surface area contributed by atoms with E-state index in [4.69, 9.17) is 26.7 Å². The van der Waals surface area contributed by atoms with E-state index in [9.17, 15) is 9.18 Å². The minimum atomic E-state index is -1.19. The second kappa shape index (κ2) is 6.25. The normalized spacial score (nSPS) is 9.95. The van der Waals surface area contributed by atoms with Gasteiger partial charge in [0.25, 0.3) is 0 Å². The number of benzene rings is 2. The molecule has 106 valence electrons. The predicted molar refractivity (Wildman–Crippen MR) is 73.9 cm³/mol. The average molecular weight is 306 g/mol. The van der Waals surface area contributed by atoms with Gasteiger partial charge in [0.2, 0.25) is 0 Å². The van der Waals surface area contributed by atoms with Gasteiger partial charge >= 0.3 is 5.97 Å². The van der Waals surface area contributed by atoms with E-state index in [1.807, 2.05) is 6.07 Å². The highest BCUT2D eigenvalue weighted by Gasteiger charge is 2.15. The summed E-state index contributed by atoms with van der Waals surface area (Å²) >= 11 is 5.90. The fourth-order valence-electron chi connectivity index (χ4n) is 1.71. The maximum Gasteiger partial charge on any atom is 0.339 e. The third-order valence-corrected chi connectivity index (χ3v) is 3.05. The third kappa shape index (κ3) is 3.30. The first kappa shape index (κ1) is 14.8. The fraction of sp³-hybridized carbons (Fsp3) is 0.0667. The van der Waals surface area contributed by atoms with Crippen molar-refractivity contribution in [2.24, 2.45) is 0 Å². The molecule has 21 heavy (non-hydrogen) atoms. The Morgan fingerprint density at radius 2 is 2.14 bits per heavy atom. The zero-order chi connectivity index (χ0) is 15.4. The summed E-state index contributed by atoms with van der Waals surface area (Å²) in [7, 11) is 0. The van der Waals surface area contributed by atoms with Gasteiger partial charge in [-0.3, -0.25) is 0 Å². The van der Waals surface area contributed by atoms with E-state index in [-0.39, 0.29) is 34.1 Å². The molecule has 0 saturated carbocycles. The molecule has 2 aromatic carbocycles. The van der Waals surface area contributed by atoms with Crippen LogP contribution in [0.2, 0.25) is 5.02 Å². The molecule has 0 aromatic heterocycles. The van der Waals surface area contributed by atoms with Gasteiger partial charge < -0.3 is 9.84 Å². The molecule has 2 rings (SSSR count). The van der Waals surface area contributed by atoms with Gasteiger partial charge in [0.05, 0.1) is 16.7 Å². The van der Waals surface area contributed by atoms with E-state index in [2.05, 4.69) is 0 Å². The number of ether oxygens (including phenoxy) is 1. The second-order valence-electron chi connectivity index (χ2n) is 4.13. The van der Waals surface area contributed by atoms with Crippen molar-refractivity contribution in [3.63, 3.8) is 0 Å². The summed E-state index contributed by atoms with van der Waals surface area (Å²) in [6.45, 7) is -0.193. The maximum atomic E-state index is 13.7. The quantitative estimate of drug-likeness (QED) is 0.936. The van der Waals surface area contributed by atoms with Crippen LogP contribution >= 0.6 is 11.6 Å². The van der Waals surface area contributed by atoms with Crippen molar-refractivity contribution >= 4 is 17.6 Å². The minimum absolute atomic E-state index is 0.0181. The molecule has 1 N–H and O–H groups in total. The molecule has 0 radical (unpaired) electrons. The standard InChI is InChI=1S/C15H9ClFNO3/c16-12-3-1-2-11(15(19)20)14(12)21-8-10-5-4-9(7-18)6-13(10)17/h1-6H,8H2,(H,19,20). The number of para-hydroxylation sites is 1. The number of carboxylic acid groups (broad SMARTS) is 1. The highest BCUT2D eigenvalue weighted by Crippen LogP contribution is 2.29. The second-order valence-corrected chi connectivity index (χ2v) is 4.54. The van der Waals surface area contributed by atoms with Crippen LogP contribution in [0.5, 0.6) is 5.75 Å². The van der Waals surface area contributed by atoms with Crippen LogP contribution in [-0.4, -0.2) is 11.1 Å². The summed E-state index contributed by atoms with van der Waals surface area (Å²) in [6, 6.07) is 10.1. The zero-order valence-electron chi connectivity index (χ0n) is 10.6. The number of aromatic carboxylic acids is 1. The van der Waals surface area contributed by atoms with E-state index in [1.165, 1.54) is 30.3 Å². The summed E-state index contributed by atoms with van der Waals surface area (Å²) in [5, 5.41) is 17.9. The molecule has 0 heterocycles. The van der Waals surface area contributed by atoms with Crippen molar-refractivity contribution < 1.29 is 19.0 Å². The molecule has 0 atom stereocenters. The lowest BCUT2D eigenvalue weighted by Crippen LogP contribution is -2.05. The van der Waals surface area contributed by atoms with E-state index in [0.29, 0.717) is 0 Å². The first-order valence-electron chi connectivity index (χ1n) is 5.86. The number of nitriles is 1. The Hall–Kier alpha value is -2.58. The predicted octanol–water partition coefficient (Wildman–Crippen LogP) is 3.63. The van der Waals surface area contributed by atoms with Crippen molar-refractivity contribution in [2.45, 2.75) is 6.61 Å². The Morgan fingerprint density at radius 1 is 1.38 bits per heavy atom. The van der Waals surface area contributed by atoms with Gasteiger partial charge in [-0.2, -0.15) is 5.26 Å². The molecule has 0 spiro atoms. The third-order valence-electron chi connectivity index (χ3n) is 2.75. The van der Waals surface area contributed by atoms with Crippen LogP contribution in [-0.2, 0) is 6.61 Å². The largest absolute Gasteiger partial charge is 0.486 e. The number of carbonyl (C=O) groups is 1. The Balaban J connectivity index is 2.25. The molecule has 0 aliphatic carbocycles. The maximum absolute atomic E-state index is 13.7. The van der Waals surface area contributed by atoms with Crippen molar-refractivity contribution in [1.82, 2.24) is 0 Å². The lowest BCUT2D eigenvalue weighted by Gasteiger charge is -2.11. The van der Waals surface area contributed by atoms with Crippen molar-refractivity contribution in [3.8, 4) is 11.8 Å². The Labute approximate surface area is 125 Å². The fourth-order valence-corrected chi connectivity index (χ4v) is 1.94. The molecule has 4 nitrogen and oxygen atoms in total. The monoisotopic (exact) mass is 305 g/mol. The molecule has 0 unspecified atom stereocenters. The SMILES string of the molecule is N#Cc1ccc(COc2c(Cl)cccc2C(=O)O)c(F)c1. The Bertz CT molecular complexity index is 740. The highest BCUT2D eigenvalue weighted by atomic mass is 35.5. The van der Waals surface area contributed by atoms with Gasteiger partial charge in [-0.15, -0.1) is 0 Å². The Morgan fingerprint density at radius 3 is 2.76 bits per heavy atom. The molecule has 2 aromatic rings. The van der Waals surface area contributed by atoms with E-state index in [1.54, 1.807) is 0 Å². The molecular weight excluding hydrogens is 297 g/mol. The van der Waals surface area contributed by atoms with Gasteiger partial charge in [0.1, 0.15) is 18.0 Å². The topological polar surface area (TPSA) is 70.3 Å². The van der Waals surface area contributed by atoms with E-state index in [0.717, 1.165) is 6.07 Å². The average Bonchev–Trinajstić information content (AvgIpc) is 2.46. The lowest BCUT2D eigenvalue weighted by atomic mass is 10.1. The molecule has 0 fully saturated rings. The molecular formula is C15H9ClFNO3. The summed E-state index contributed by atoms with van der Waals surface area (Å²) in [6.07, 6.45) is 0. The van der Waals surface area contributed by atoms with E-state index < -0.39 is 11.8 Å². The first-order valence-corrected chi connectivity index (χ1v) is 6.24.